The van der Waals surface area contributed by atoms with Gasteiger partial charge in [-0.05, 0) is 45.7 Å². The molecule has 0 heterocycles. The van der Waals surface area contributed by atoms with Crippen LogP contribution in [0.5, 0.6) is 5.75 Å². The summed E-state index contributed by atoms with van der Waals surface area (Å²) in [5, 5.41) is 11.1. The molecule has 0 aliphatic rings. The molecule has 3 aromatic carbocycles. The van der Waals surface area contributed by atoms with Crippen molar-refractivity contribution in [3.8, 4) is 16.9 Å². The molecule has 0 spiro atoms. The summed E-state index contributed by atoms with van der Waals surface area (Å²) >= 11 is 0. The zero-order chi connectivity index (χ0) is 15.5. The maximum atomic E-state index is 10.7. The number of carbonyl (C=O) groups is 1. The van der Waals surface area contributed by atoms with E-state index in [-0.39, 0.29) is 6.42 Å². The van der Waals surface area contributed by atoms with Crippen molar-refractivity contribution in [1.29, 1.82) is 0 Å². The lowest BCUT2D eigenvalue weighted by molar-refractivity contribution is -0.136. The lowest BCUT2D eigenvalue weighted by Gasteiger charge is -2.07. The minimum absolute atomic E-state index is 0.0534. The minimum atomic E-state index is -0.813. The van der Waals surface area contributed by atoms with Crippen molar-refractivity contribution in [3.63, 3.8) is 0 Å². The molecule has 0 saturated carbocycles. The molecule has 0 aromatic heterocycles. The number of fused-ring (bicyclic) bond motifs is 1. The van der Waals surface area contributed by atoms with Gasteiger partial charge in [-0.1, -0.05) is 42.5 Å². The molecular weight excluding hydrogens is 276 g/mol. The van der Waals surface area contributed by atoms with Crippen LogP contribution in [0.15, 0.2) is 60.7 Å². The van der Waals surface area contributed by atoms with Crippen LogP contribution in [-0.2, 0) is 11.2 Å². The standard InChI is InChI=1S/C19H16O3/c1-22-18-9-8-16-11-15(6-7-17(16)12-18)14-4-2-13(3-5-14)10-19(20)21/h2-9,11-12H,10H2,1H3,(H,20,21). The summed E-state index contributed by atoms with van der Waals surface area (Å²) in [5.74, 6) is 0.0330. The molecule has 110 valence electrons. The molecule has 3 heteroatoms. The van der Waals surface area contributed by atoms with Gasteiger partial charge >= 0.3 is 5.97 Å². The van der Waals surface area contributed by atoms with Crippen molar-refractivity contribution >= 4 is 16.7 Å². The van der Waals surface area contributed by atoms with E-state index in [4.69, 9.17) is 9.84 Å². The fourth-order valence-electron chi connectivity index (χ4n) is 2.52. The van der Waals surface area contributed by atoms with E-state index in [1.807, 2.05) is 42.5 Å². The number of hydrogen-bond donors (Lipinski definition) is 1. The predicted molar refractivity (Wildman–Crippen MR) is 87.3 cm³/mol. The van der Waals surface area contributed by atoms with E-state index in [1.165, 1.54) is 0 Å². The van der Waals surface area contributed by atoms with Crippen molar-refractivity contribution in [1.82, 2.24) is 0 Å². The summed E-state index contributed by atoms with van der Waals surface area (Å²) in [6.45, 7) is 0. The Morgan fingerprint density at radius 3 is 2.23 bits per heavy atom. The molecule has 3 nitrogen and oxygen atoms in total. The Labute approximate surface area is 128 Å². The first-order valence-electron chi connectivity index (χ1n) is 7.04. The highest BCUT2D eigenvalue weighted by Gasteiger charge is 2.03. The SMILES string of the molecule is COc1ccc2cc(-c3ccc(CC(=O)O)cc3)ccc2c1. The second-order valence-corrected chi connectivity index (χ2v) is 5.20. The van der Waals surface area contributed by atoms with Crippen LogP contribution in [0.25, 0.3) is 21.9 Å². The molecule has 0 unspecified atom stereocenters. The van der Waals surface area contributed by atoms with Crippen LogP contribution < -0.4 is 4.74 Å². The first-order chi connectivity index (χ1) is 10.7. The van der Waals surface area contributed by atoms with Gasteiger partial charge in [0.25, 0.3) is 0 Å². The second-order valence-electron chi connectivity index (χ2n) is 5.20. The molecule has 3 aromatic rings. The van der Waals surface area contributed by atoms with Gasteiger partial charge < -0.3 is 9.84 Å². The maximum Gasteiger partial charge on any atom is 0.307 e. The topological polar surface area (TPSA) is 46.5 Å². The van der Waals surface area contributed by atoms with E-state index in [1.54, 1.807) is 7.11 Å². The number of carboxylic acid groups (broad SMARTS) is 1. The van der Waals surface area contributed by atoms with Crippen LogP contribution in [0.1, 0.15) is 5.56 Å². The zero-order valence-corrected chi connectivity index (χ0v) is 12.2. The largest absolute Gasteiger partial charge is 0.497 e. The average molecular weight is 292 g/mol. The van der Waals surface area contributed by atoms with E-state index < -0.39 is 5.97 Å². The fourth-order valence-corrected chi connectivity index (χ4v) is 2.52. The highest BCUT2D eigenvalue weighted by Crippen LogP contribution is 2.27. The summed E-state index contributed by atoms with van der Waals surface area (Å²) in [5.41, 5.74) is 2.99. The molecule has 0 radical (unpaired) electrons. The first-order valence-corrected chi connectivity index (χ1v) is 7.04. The Hall–Kier alpha value is -2.81. The van der Waals surface area contributed by atoms with Crippen molar-refractivity contribution in [2.45, 2.75) is 6.42 Å². The molecule has 0 saturated heterocycles. The molecule has 0 bridgehead atoms. The monoisotopic (exact) mass is 292 g/mol. The number of rotatable bonds is 4. The van der Waals surface area contributed by atoms with Crippen molar-refractivity contribution in [2.24, 2.45) is 0 Å². The van der Waals surface area contributed by atoms with Gasteiger partial charge in [0.05, 0.1) is 13.5 Å². The number of ether oxygens (including phenoxy) is 1. The zero-order valence-electron chi connectivity index (χ0n) is 12.2. The van der Waals surface area contributed by atoms with Gasteiger partial charge in [-0.3, -0.25) is 4.79 Å². The highest BCUT2D eigenvalue weighted by atomic mass is 16.5. The van der Waals surface area contributed by atoms with Gasteiger partial charge in [-0.2, -0.15) is 0 Å². The van der Waals surface area contributed by atoms with E-state index in [9.17, 15) is 4.79 Å². The summed E-state index contributed by atoms with van der Waals surface area (Å²) in [4.78, 5) is 10.7. The summed E-state index contributed by atoms with van der Waals surface area (Å²) in [6, 6.07) is 19.9. The second kappa shape index (κ2) is 5.90. The lowest BCUT2D eigenvalue weighted by atomic mass is 9.99. The van der Waals surface area contributed by atoms with E-state index in [0.29, 0.717) is 0 Å². The van der Waals surface area contributed by atoms with E-state index >= 15 is 0 Å². The van der Waals surface area contributed by atoms with Crippen molar-refractivity contribution in [3.05, 3.63) is 66.2 Å². The fraction of sp³-hybridized carbons (Fsp3) is 0.105. The van der Waals surface area contributed by atoms with Crippen LogP contribution in [-0.4, -0.2) is 18.2 Å². The van der Waals surface area contributed by atoms with Gasteiger partial charge in [-0.25, -0.2) is 0 Å². The Bertz CT molecular complexity index is 820. The van der Waals surface area contributed by atoms with Crippen LogP contribution in [0, 0.1) is 0 Å². The lowest BCUT2D eigenvalue weighted by Crippen LogP contribution is -1.99. The molecule has 22 heavy (non-hydrogen) atoms. The van der Waals surface area contributed by atoms with Crippen LogP contribution in [0.4, 0.5) is 0 Å². The summed E-state index contributed by atoms with van der Waals surface area (Å²) in [7, 11) is 1.66. The number of aliphatic carboxylic acids is 1. The van der Waals surface area contributed by atoms with Crippen molar-refractivity contribution < 1.29 is 14.6 Å². The molecule has 0 fully saturated rings. The van der Waals surface area contributed by atoms with E-state index in [2.05, 4.69) is 18.2 Å². The molecule has 0 atom stereocenters. The number of methoxy groups -OCH3 is 1. The Balaban J connectivity index is 1.94. The van der Waals surface area contributed by atoms with Gasteiger partial charge in [0.2, 0.25) is 0 Å². The Morgan fingerprint density at radius 1 is 0.909 bits per heavy atom. The van der Waals surface area contributed by atoms with Crippen LogP contribution >= 0.6 is 0 Å². The molecule has 0 amide bonds. The smallest absolute Gasteiger partial charge is 0.307 e. The quantitative estimate of drug-likeness (QED) is 0.786. The van der Waals surface area contributed by atoms with Gasteiger partial charge in [0.1, 0.15) is 5.75 Å². The Kier molecular flexibility index (Phi) is 3.79. The van der Waals surface area contributed by atoms with Crippen LogP contribution in [0.2, 0.25) is 0 Å². The minimum Gasteiger partial charge on any atom is -0.497 e. The third-order valence-corrected chi connectivity index (χ3v) is 3.69. The number of carboxylic acids is 1. The normalized spacial score (nSPS) is 10.6. The average Bonchev–Trinajstić information content (AvgIpc) is 2.54. The summed E-state index contributed by atoms with van der Waals surface area (Å²) in [6.07, 6.45) is 0.0534. The van der Waals surface area contributed by atoms with Gasteiger partial charge in [0, 0.05) is 0 Å². The summed E-state index contributed by atoms with van der Waals surface area (Å²) < 4.78 is 5.23. The Morgan fingerprint density at radius 2 is 1.55 bits per heavy atom. The molecular formula is C19H16O3. The third-order valence-electron chi connectivity index (χ3n) is 3.69. The molecule has 0 aliphatic carbocycles. The van der Waals surface area contributed by atoms with Crippen LogP contribution in [0.3, 0.4) is 0 Å². The predicted octanol–water partition coefficient (Wildman–Crippen LogP) is 4.14. The van der Waals surface area contributed by atoms with Gasteiger partial charge in [0.15, 0.2) is 0 Å². The third kappa shape index (κ3) is 2.93. The first kappa shape index (κ1) is 14.1. The maximum absolute atomic E-state index is 10.7. The molecule has 0 aliphatic heterocycles. The van der Waals surface area contributed by atoms with Crippen molar-refractivity contribution in [2.75, 3.05) is 7.11 Å². The molecule has 3 rings (SSSR count). The van der Waals surface area contributed by atoms with Gasteiger partial charge in [-0.15, -0.1) is 0 Å². The molecule has 1 N–H and O–H groups in total. The number of hydrogen-bond acceptors (Lipinski definition) is 2. The highest BCUT2D eigenvalue weighted by molar-refractivity contribution is 5.88. The van der Waals surface area contributed by atoms with E-state index in [0.717, 1.165) is 33.2 Å². The number of benzene rings is 3.